The number of aliphatic hydroxyl groups is 1. The minimum atomic E-state index is -0.854. The van der Waals surface area contributed by atoms with E-state index in [9.17, 15) is 9.90 Å². The Labute approximate surface area is 148 Å². The fourth-order valence-corrected chi connectivity index (χ4v) is 3.49. The molecule has 1 atom stereocenters. The standard InChI is InChI=1S/C18H17N3O3S/c1-11-12(2)25-17-16(11)18(23)21(10-20-17)8-14(22)9-24-15-5-3-13(7-19)4-6-15/h3-6,10,14,22H,8-9H2,1-2H3. The van der Waals surface area contributed by atoms with E-state index in [1.54, 1.807) is 24.3 Å². The van der Waals surface area contributed by atoms with Crippen molar-refractivity contribution in [2.75, 3.05) is 6.61 Å². The summed E-state index contributed by atoms with van der Waals surface area (Å²) >= 11 is 1.50. The zero-order chi connectivity index (χ0) is 18.0. The molecule has 1 unspecified atom stereocenters. The Morgan fingerprint density at radius 2 is 2.08 bits per heavy atom. The quantitative estimate of drug-likeness (QED) is 0.759. The molecule has 1 N–H and O–H groups in total. The zero-order valence-electron chi connectivity index (χ0n) is 13.9. The van der Waals surface area contributed by atoms with E-state index in [-0.39, 0.29) is 18.7 Å². The summed E-state index contributed by atoms with van der Waals surface area (Å²) in [6.07, 6.45) is 0.609. The number of aliphatic hydroxyl groups excluding tert-OH is 1. The topological polar surface area (TPSA) is 88.1 Å². The number of hydrogen-bond acceptors (Lipinski definition) is 6. The zero-order valence-corrected chi connectivity index (χ0v) is 14.7. The van der Waals surface area contributed by atoms with Crippen LogP contribution in [0, 0.1) is 25.2 Å². The molecule has 0 spiro atoms. The number of benzene rings is 1. The number of nitriles is 1. The first-order valence-electron chi connectivity index (χ1n) is 7.75. The van der Waals surface area contributed by atoms with Gasteiger partial charge in [0.25, 0.3) is 5.56 Å². The molecule has 0 fully saturated rings. The van der Waals surface area contributed by atoms with Crippen LogP contribution in [0.3, 0.4) is 0 Å². The Morgan fingerprint density at radius 1 is 1.36 bits per heavy atom. The predicted molar refractivity (Wildman–Crippen MR) is 96.0 cm³/mol. The van der Waals surface area contributed by atoms with E-state index in [4.69, 9.17) is 10.00 Å². The second-order valence-corrected chi connectivity index (χ2v) is 6.97. The highest BCUT2D eigenvalue weighted by atomic mass is 32.1. The molecule has 3 rings (SSSR count). The molecule has 128 valence electrons. The summed E-state index contributed by atoms with van der Waals surface area (Å²) in [6.45, 7) is 4.02. The van der Waals surface area contributed by atoms with Crippen LogP contribution in [0.4, 0.5) is 0 Å². The van der Waals surface area contributed by atoms with Gasteiger partial charge in [0.15, 0.2) is 0 Å². The van der Waals surface area contributed by atoms with E-state index in [0.717, 1.165) is 15.3 Å². The molecule has 0 bridgehead atoms. The highest BCUT2D eigenvalue weighted by Gasteiger charge is 2.14. The predicted octanol–water partition coefficient (Wildman–Crippen LogP) is 2.39. The average Bonchev–Trinajstić information content (AvgIpc) is 2.91. The number of thiophene rings is 1. The van der Waals surface area contributed by atoms with Gasteiger partial charge in [-0.3, -0.25) is 9.36 Å². The third kappa shape index (κ3) is 3.55. The number of aromatic nitrogens is 2. The van der Waals surface area contributed by atoms with Crippen LogP contribution in [0.5, 0.6) is 5.75 Å². The third-order valence-corrected chi connectivity index (χ3v) is 5.10. The monoisotopic (exact) mass is 355 g/mol. The lowest BCUT2D eigenvalue weighted by Crippen LogP contribution is -2.30. The van der Waals surface area contributed by atoms with Crippen molar-refractivity contribution in [2.24, 2.45) is 0 Å². The van der Waals surface area contributed by atoms with Crippen molar-refractivity contribution in [3.63, 3.8) is 0 Å². The molecule has 3 aromatic rings. The Morgan fingerprint density at radius 3 is 2.76 bits per heavy atom. The number of hydrogen-bond donors (Lipinski definition) is 1. The van der Waals surface area contributed by atoms with E-state index in [0.29, 0.717) is 16.7 Å². The molecule has 25 heavy (non-hydrogen) atoms. The Balaban J connectivity index is 1.70. The fourth-order valence-electron chi connectivity index (χ4n) is 2.50. The maximum Gasteiger partial charge on any atom is 0.262 e. The van der Waals surface area contributed by atoms with Crippen LogP contribution in [0.25, 0.3) is 10.2 Å². The van der Waals surface area contributed by atoms with E-state index in [2.05, 4.69) is 4.98 Å². The lowest BCUT2D eigenvalue weighted by Gasteiger charge is -2.14. The maximum absolute atomic E-state index is 12.6. The van der Waals surface area contributed by atoms with Gasteiger partial charge in [-0.2, -0.15) is 5.26 Å². The van der Waals surface area contributed by atoms with Crippen LogP contribution in [-0.4, -0.2) is 27.4 Å². The van der Waals surface area contributed by atoms with Crippen LogP contribution >= 0.6 is 11.3 Å². The summed E-state index contributed by atoms with van der Waals surface area (Å²) in [5, 5.41) is 19.6. The molecular weight excluding hydrogens is 338 g/mol. The molecule has 0 saturated heterocycles. The minimum Gasteiger partial charge on any atom is -0.491 e. The van der Waals surface area contributed by atoms with Crippen molar-refractivity contribution in [1.29, 1.82) is 5.26 Å². The molecule has 6 nitrogen and oxygen atoms in total. The van der Waals surface area contributed by atoms with Crippen LogP contribution in [0.1, 0.15) is 16.0 Å². The highest BCUT2D eigenvalue weighted by Crippen LogP contribution is 2.25. The molecule has 0 aliphatic heterocycles. The van der Waals surface area contributed by atoms with Gasteiger partial charge in [-0.25, -0.2) is 4.98 Å². The van der Waals surface area contributed by atoms with Crippen LogP contribution in [-0.2, 0) is 6.54 Å². The molecular formula is C18H17N3O3S. The van der Waals surface area contributed by atoms with E-state index in [1.807, 2.05) is 19.9 Å². The van der Waals surface area contributed by atoms with Gasteiger partial charge >= 0.3 is 0 Å². The molecule has 1 aromatic carbocycles. The molecule has 0 saturated carbocycles. The number of fused-ring (bicyclic) bond motifs is 1. The summed E-state index contributed by atoms with van der Waals surface area (Å²) in [5.74, 6) is 0.559. The van der Waals surface area contributed by atoms with Crippen molar-refractivity contribution in [3.8, 4) is 11.8 Å². The molecule has 0 amide bonds. The van der Waals surface area contributed by atoms with Gasteiger partial charge in [0.05, 0.1) is 29.9 Å². The summed E-state index contributed by atoms with van der Waals surface area (Å²) in [7, 11) is 0. The minimum absolute atomic E-state index is 0.0397. The number of aryl methyl sites for hydroxylation is 2. The molecule has 2 aromatic heterocycles. The van der Waals surface area contributed by atoms with E-state index < -0.39 is 6.10 Å². The molecule has 0 aliphatic carbocycles. The van der Waals surface area contributed by atoms with Crippen LogP contribution in [0.2, 0.25) is 0 Å². The van der Waals surface area contributed by atoms with Gasteiger partial charge in [0, 0.05) is 4.88 Å². The first-order valence-corrected chi connectivity index (χ1v) is 8.57. The molecule has 0 radical (unpaired) electrons. The maximum atomic E-state index is 12.6. The van der Waals surface area contributed by atoms with Crippen LogP contribution < -0.4 is 10.3 Å². The van der Waals surface area contributed by atoms with Crippen molar-refractivity contribution < 1.29 is 9.84 Å². The van der Waals surface area contributed by atoms with Gasteiger partial charge in [0.2, 0.25) is 0 Å². The van der Waals surface area contributed by atoms with Gasteiger partial charge in [-0.15, -0.1) is 11.3 Å². The summed E-state index contributed by atoms with van der Waals surface area (Å²) in [4.78, 5) is 18.7. The van der Waals surface area contributed by atoms with Gasteiger partial charge in [-0.1, -0.05) is 0 Å². The number of nitrogens with zero attached hydrogens (tertiary/aromatic N) is 3. The molecule has 0 aliphatic rings. The molecule has 7 heteroatoms. The first kappa shape index (κ1) is 17.1. The Kier molecular flexibility index (Phi) is 4.83. The fraction of sp³-hybridized carbons (Fsp3) is 0.278. The third-order valence-electron chi connectivity index (χ3n) is 3.99. The summed E-state index contributed by atoms with van der Waals surface area (Å²) in [6, 6.07) is 8.66. The largest absolute Gasteiger partial charge is 0.491 e. The lowest BCUT2D eigenvalue weighted by molar-refractivity contribution is 0.0915. The SMILES string of the molecule is Cc1sc2ncn(CC(O)COc3ccc(C#N)cc3)c(=O)c2c1C. The van der Waals surface area contributed by atoms with Crippen molar-refractivity contribution >= 4 is 21.6 Å². The van der Waals surface area contributed by atoms with Gasteiger partial charge < -0.3 is 9.84 Å². The Bertz CT molecular complexity index is 999. The second-order valence-electron chi connectivity index (χ2n) is 5.77. The van der Waals surface area contributed by atoms with Crippen LogP contribution in [0.15, 0.2) is 35.4 Å². The van der Waals surface area contributed by atoms with Crippen molar-refractivity contribution in [3.05, 3.63) is 57.0 Å². The van der Waals surface area contributed by atoms with Gasteiger partial charge in [-0.05, 0) is 43.7 Å². The van der Waals surface area contributed by atoms with Crippen molar-refractivity contribution in [2.45, 2.75) is 26.5 Å². The van der Waals surface area contributed by atoms with Gasteiger partial charge in [0.1, 0.15) is 23.3 Å². The number of rotatable bonds is 5. The first-order chi connectivity index (χ1) is 12.0. The number of ether oxygens (including phenoxy) is 1. The highest BCUT2D eigenvalue weighted by molar-refractivity contribution is 7.18. The lowest BCUT2D eigenvalue weighted by atomic mass is 10.2. The van der Waals surface area contributed by atoms with E-state index >= 15 is 0 Å². The smallest absolute Gasteiger partial charge is 0.262 e. The summed E-state index contributed by atoms with van der Waals surface area (Å²) < 4.78 is 6.91. The normalized spacial score (nSPS) is 12.1. The summed E-state index contributed by atoms with van der Waals surface area (Å²) in [5.41, 5.74) is 1.33. The molecule has 2 heterocycles. The van der Waals surface area contributed by atoms with E-state index in [1.165, 1.54) is 22.2 Å². The Hall–Kier alpha value is -2.69. The second kappa shape index (κ2) is 7.05. The van der Waals surface area contributed by atoms with Crippen molar-refractivity contribution in [1.82, 2.24) is 9.55 Å². The average molecular weight is 355 g/mol.